The van der Waals surface area contributed by atoms with E-state index in [9.17, 15) is 24.3 Å². The summed E-state index contributed by atoms with van der Waals surface area (Å²) in [7, 11) is 1.59. The maximum atomic E-state index is 13.2. The normalized spacial score (nSPS) is 23.3. The fourth-order valence-corrected chi connectivity index (χ4v) is 10.00. The maximum absolute atomic E-state index is 13.2. The van der Waals surface area contributed by atoms with Crippen molar-refractivity contribution >= 4 is 56.6 Å². The summed E-state index contributed by atoms with van der Waals surface area (Å²) < 4.78 is 6.64. The summed E-state index contributed by atoms with van der Waals surface area (Å²) in [6.07, 6.45) is 8.55. The zero-order chi connectivity index (χ0) is 38.9. The van der Waals surface area contributed by atoms with Gasteiger partial charge in [0, 0.05) is 54.5 Å². The van der Waals surface area contributed by atoms with Crippen molar-refractivity contribution in [2.45, 2.75) is 82.9 Å². The quantitative estimate of drug-likeness (QED) is 0.143. The Morgan fingerprint density at radius 2 is 1.80 bits per heavy atom. The van der Waals surface area contributed by atoms with Gasteiger partial charge in [0.1, 0.15) is 23.3 Å². The summed E-state index contributed by atoms with van der Waals surface area (Å²) in [6, 6.07) is 9.92. The number of carbonyl (C=O) groups excluding carboxylic acids is 4. The van der Waals surface area contributed by atoms with Crippen LogP contribution in [0, 0.1) is 18.8 Å². The largest absolute Gasteiger partial charge is 0.494 e. The molecule has 8 rings (SSSR count). The Labute approximate surface area is 329 Å². The van der Waals surface area contributed by atoms with E-state index in [1.165, 1.54) is 17.7 Å². The van der Waals surface area contributed by atoms with Crippen LogP contribution in [-0.2, 0) is 9.59 Å². The molecular weight excluding hydrogens is 733 g/mol. The van der Waals surface area contributed by atoms with Crippen LogP contribution in [-0.4, -0.2) is 92.8 Å². The topological polar surface area (TPSA) is 179 Å². The van der Waals surface area contributed by atoms with Gasteiger partial charge in [0.05, 0.1) is 28.0 Å². The SMILES string of the molecule is COc1cc2nc([C@H]3CC[C@H](CN4CCC(CCNc5cccc6c5C(O)N(C5CCC(=O)NC5=O)C6=O)CC4)CC3)sc2cc1NC(=O)c1ccnc(C)n1. The first-order chi connectivity index (χ1) is 27.1. The van der Waals surface area contributed by atoms with Gasteiger partial charge in [-0.15, -0.1) is 11.3 Å². The molecule has 4 aliphatic rings. The molecule has 2 saturated heterocycles. The number of thiazole rings is 1. The lowest BCUT2D eigenvalue weighted by atomic mass is 9.81. The van der Waals surface area contributed by atoms with Gasteiger partial charge in [-0.25, -0.2) is 15.0 Å². The Morgan fingerprint density at radius 1 is 1.00 bits per heavy atom. The third-order valence-electron chi connectivity index (χ3n) is 11.9. The number of aliphatic hydroxyl groups excluding tert-OH is 1. The van der Waals surface area contributed by atoms with Crippen LogP contribution in [0.15, 0.2) is 42.6 Å². The van der Waals surface area contributed by atoms with E-state index in [0.717, 1.165) is 73.5 Å². The molecule has 294 valence electrons. The van der Waals surface area contributed by atoms with Gasteiger partial charge in [0.25, 0.3) is 11.8 Å². The number of rotatable bonds is 11. The van der Waals surface area contributed by atoms with E-state index in [1.54, 1.807) is 49.8 Å². The van der Waals surface area contributed by atoms with E-state index in [4.69, 9.17) is 9.72 Å². The van der Waals surface area contributed by atoms with Gasteiger partial charge in [-0.3, -0.25) is 29.4 Å². The van der Waals surface area contributed by atoms with Crippen molar-refractivity contribution in [3.63, 3.8) is 0 Å². The van der Waals surface area contributed by atoms with Crippen molar-refractivity contribution in [2.24, 2.45) is 11.8 Å². The van der Waals surface area contributed by atoms with Crippen molar-refractivity contribution in [1.29, 1.82) is 0 Å². The van der Waals surface area contributed by atoms with Gasteiger partial charge in [-0.1, -0.05) is 6.07 Å². The number of piperidine rings is 2. The Bertz CT molecular complexity index is 2140. The van der Waals surface area contributed by atoms with Crippen LogP contribution in [0.3, 0.4) is 0 Å². The molecule has 1 aliphatic carbocycles. The van der Waals surface area contributed by atoms with Crippen molar-refractivity contribution in [1.82, 2.24) is 30.1 Å². The third-order valence-corrected chi connectivity index (χ3v) is 13.1. The van der Waals surface area contributed by atoms with Crippen molar-refractivity contribution in [3.8, 4) is 5.75 Å². The molecule has 15 heteroatoms. The highest BCUT2D eigenvalue weighted by Crippen LogP contribution is 2.42. The number of hydrogen-bond donors (Lipinski definition) is 4. The fraction of sp³-hybridized carbons (Fsp3) is 0.488. The Balaban J connectivity index is 0.788. The second-order valence-corrected chi connectivity index (χ2v) is 16.6. The summed E-state index contributed by atoms with van der Waals surface area (Å²) in [5.74, 6) is 1.20. The number of aryl methyl sites for hydroxylation is 1. The number of methoxy groups -OCH3 is 1. The first-order valence-corrected chi connectivity index (χ1v) is 20.5. The number of carbonyl (C=O) groups is 4. The number of aliphatic hydroxyl groups is 1. The first kappa shape index (κ1) is 37.9. The van der Waals surface area contributed by atoms with Gasteiger partial charge >= 0.3 is 0 Å². The van der Waals surface area contributed by atoms with E-state index in [1.807, 2.05) is 18.2 Å². The number of benzene rings is 2. The van der Waals surface area contributed by atoms with E-state index >= 15 is 0 Å². The minimum atomic E-state index is -1.25. The van der Waals surface area contributed by atoms with E-state index in [0.29, 0.717) is 57.5 Å². The molecule has 3 fully saturated rings. The second-order valence-electron chi connectivity index (χ2n) is 15.5. The molecule has 4 amide bonds. The van der Waals surface area contributed by atoms with Crippen molar-refractivity contribution < 1.29 is 29.0 Å². The van der Waals surface area contributed by atoms with Crippen LogP contribution in [0.25, 0.3) is 10.2 Å². The van der Waals surface area contributed by atoms with E-state index in [2.05, 4.69) is 30.8 Å². The number of likely N-dealkylation sites (tertiary alicyclic amines) is 1. The molecular formula is C41H48N8O6S. The number of ether oxygens (including phenoxy) is 1. The summed E-state index contributed by atoms with van der Waals surface area (Å²) >= 11 is 1.70. The number of anilines is 2. The summed E-state index contributed by atoms with van der Waals surface area (Å²) in [6.45, 7) is 5.79. The molecule has 0 bridgehead atoms. The molecule has 2 atom stereocenters. The van der Waals surface area contributed by atoms with E-state index in [-0.39, 0.29) is 24.7 Å². The zero-order valence-electron chi connectivity index (χ0n) is 31.8. The highest BCUT2D eigenvalue weighted by atomic mass is 32.1. The monoisotopic (exact) mass is 780 g/mol. The van der Waals surface area contributed by atoms with Crippen LogP contribution in [0.4, 0.5) is 11.4 Å². The van der Waals surface area contributed by atoms with E-state index < -0.39 is 24.1 Å². The Morgan fingerprint density at radius 3 is 2.55 bits per heavy atom. The number of nitrogens with zero attached hydrogens (tertiary/aromatic N) is 5. The minimum Gasteiger partial charge on any atom is -0.494 e. The standard InChI is InChI=1S/C41H48N8O6S/c1-23-42-17-13-29(44-23)37(51)45-30-21-34-31(20-33(30)55-2)46-39(56-34)26-8-6-25(7-9-26)22-48-18-14-24(15-19-48)12-16-43-28-5-3-4-27-36(28)41(54)49(40(27)53)32-10-11-35(50)47-38(32)52/h3-5,13,17,20-21,24-26,32,41,43,54H,6-12,14-16,18-19,22H2,1-2H3,(H,45,51)(H,47,50,52)/t25-,26-,32?,41?. The third kappa shape index (κ3) is 7.84. The summed E-state index contributed by atoms with van der Waals surface area (Å²) in [4.78, 5) is 67.5. The predicted molar refractivity (Wildman–Crippen MR) is 212 cm³/mol. The first-order valence-electron chi connectivity index (χ1n) is 19.7. The van der Waals surface area contributed by atoms with Crippen molar-refractivity contribution in [2.75, 3.05) is 43.9 Å². The predicted octanol–water partition coefficient (Wildman–Crippen LogP) is 5.40. The van der Waals surface area contributed by atoms with Crippen LogP contribution in [0.1, 0.15) is 107 Å². The summed E-state index contributed by atoms with van der Waals surface area (Å²) in [5.41, 5.74) is 3.38. The molecule has 0 spiro atoms. The number of hydrogen-bond acceptors (Lipinski definition) is 12. The molecule has 0 radical (unpaired) electrons. The van der Waals surface area contributed by atoms with Gasteiger partial charge in [0.15, 0.2) is 6.23 Å². The average Bonchev–Trinajstić information content (AvgIpc) is 3.73. The Kier molecular flexibility index (Phi) is 11.0. The van der Waals surface area contributed by atoms with Crippen LogP contribution in [0.5, 0.6) is 5.75 Å². The second kappa shape index (κ2) is 16.2. The lowest BCUT2D eigenvalue weighted by Gasteiger charge is -2.36. The molecule has 14 nitrogen and oxygen atoms in total. The van der Waals surface area contributed by atoms with Crippen LogP contribution >= 0.6 is 11.3 Å². The molecule has 4 aromatic rings. The molecule has 56 heavy (non-hydrogen) atoms. The lowest BCUT2D eigenvalue weighted by Crippen LogP contribution is -2.53. The summed E-state index contributed by atoms with van der Waals surface area (Å²) in [5, 5.41) is 21.1. The average molecular weight is 781 g/mol. The Hall–Kier alpha value is -4.99. The van der Waals surface area contributed by atoms with Crippen LogP contribution < -0.4 is 20.7 Å². The number of nitrogens with one attached hydrogen (secondary N) is 3. The number of aromatic nitrogens is 3. The van der Waals surface area contributed by atoms with Gasteiger partial charge in [-0.2, -0.15) is 0 Å². The molecule has 2 aromatic heterocycles. The molecule has 5 heterocycles. The molecule has 3 aliphatic heterocycles. The maximum Gasteiger partial charge on any atom is 0.274 e. The van der Waals surface area contributed by atoms with Gasteiger partial charge < -0.3 is 25.4 Å². The molecule has 1 saturated carbocycles. The lowest BCUT2D eigenvalue weighted by molar-refractivity contribution is -0.139. The van der Waals surface area contributed by atoms with Crippen LogP contribution in [0.2, 0.25) is 0 Å². The molecule has 2 aromatic carbocycles. The number of imide groups is 1. The highest BCUT2D eigenvalue weighted by Gasteiger charge is 2.45. The molecule has 4 N–H and O–H groups in total. The van der Waals surface area contributed by atoms with Gasteiger partial charge in [-0.05, 0) is 107 Å². The fourth-order valence-electron chi connectivity index (χ4n) is 8.84. The molecule has 2 unspecified atom stereocenters. The zero-order valence-corrected chi connectivity index (χ0v) is 32.6. The van der Waals surface area contributed by atoms with Gasteiger partial charge in [0.2, 0.25) is 11.8 Å². The highest BCUT2D eigenvalue weighted by molar-refractivity contribution is 7.18. The number of fused-ring (bicyclic) bond motifs is 2. The minimum absolute atomic E-state index is 0.134. The number of amides is 4. The van der Waals surface area contributed by atoms with Crippen molar-refractivity contribution in [3.05, 3.63) is 70.2 Å². The smallest absolute Gasteiger partial charge is 0.274 e.